The molecule has 33 heavy (non-hydrogen) atoms. The van der Waals surface area contributed by atoms with Crippen LogP contribution in [-0.2, 0) is 16.0 Å². The molecular weight excluding hydrogens is 452 g/mol. The van der Waals surface area contributed by atoms with Crippen molar-refractivity contribution in [2.75, 3.05) is 0 Å². The van der Waals surface area contributed by atoms with Gasteiger partial charge < -0.3 is 4.74 Å². The third-order valence-corrected chi connectivity index (χ3v) is 6.68. The van der Waals surface area contributed by atoms with Gasteiger partial charge >= 0.3 is 5.97 Å². The number of ether oxygens (including phenoxy) is 1. The number of carbonyl (C=O) groups excluding carboxylic acids is 2. The summed E-state index contributed by atoms with van der Waals surface area (Å²) in [5.41, 5.74) is 2.44. The molecule has 0 fully saturated rings. The molecule has 0 N–H and O–H groups in total. The first-order valence-corrected chi connectivity index (χ1v) is 12.2. The number of rotatable bonds is 12. The lowest BCUT2D eigenvalue weighted by atomic mass is 9.94. The Labute approximate surface area is 206 Å². The van der Waals surface area contributed by atoms with E-state index in [1.54, 1.807) is 6.08 Å². The second-order valence-electron chi connectivity index (χ2n) is 7.87. The summed E-state index contributed by atoms with van der Waals surface area (Å²) >= 11 is 8.05. The Morgan fingerprint density at radius 2 is 1.79 bits per heavy atom. The SMILES string of the molecule is C=CCC/C=C(\Sc1ccccc1)C(=O)Cc1c(Cl)c(C)cc(C)c1C(=O)O[C@H](C)CC=C. The van der Waals surface area contributed by atoms with Crippen LogP contribution in [0.1, 0.15) is 53.2 Å². The zero-order valence-electron chi connectivity index (χ0n) is 19.5. The Hall–Kier alpha value is -2.56. The predicted molar refractivity (Wildman–Crippen MR) is 139 cm³/mol. The number of hydrogen-bond acceptors (Lipinski definition) is 4. The Balaban J connectivity index is 2.41. The van der Waals surface area contributed by atoms with E-state index in [0.717, 1.165) is 22.4 Å². The van der Waals surface area contributed by atoms with Crippen molar-refractivity contribution in [2.24, 2.45) is 0 Å². The molecule has 0 aliphatic heterocycles. The minimum atomic E-state index is -0.473. The van der Waals surface area contributed by atoms with E-state index in [0.29, 0.717) is 33.9 Å². The van der Waals surface area contributed by atoms with E-state index < -0.39 is 5.97 Å². The van der Waals surface area contributed by atoms with E-state index in [1.165, 1.54) is 11.8 Å². The zero-order valence-corrected chi connectivity index (χ0v) is 21.1. The van der Waals surface area contributed by atoms with Crippen molar-refractivity contribution >= 4 is 35.1 Å². The minimum Gasteiger partial charge on any atom is -0.459 e. The molecule has 5 heteroatoms. The van der Waals surface area contributed by atoms with E-state index in [4.69, 9.17) is 16.3 Å². The maximum atomic E-state index is 13.4. The van der Waals surface area contributed by atoms with Crippen molar-refractivity contribution in [3.63, 3.8) is 0 Å². The Morgan fingerprint density at radius 3 is 2.42 bits per heavy atom. The van der Waals surface area contributed by atoms with Crippen LogP contribution < -0.4 is 0 Å². The molecule has 0 amide bonds. The lowest BCUT2D eigenvalue weighted by molar-refractivity contribution is -0.114. The van der Waals surface area contributed by atoms with Gasteiger partial charge in [0.15, 0.2) is 5.78 Å². The largest absolute Gasteiger partial charge is 0.459 e. The molecule has 0 unspecified atom stereocenters. The summed E-state index contributed by atoms with van der Waals surface area (Å²) in [5, 5.41) is 0.424. The first-order chi connectivity index (χ1) is 15.8. The Morgan fingerprint density at radius 1 is 1.09 bits per heavy atom. The summed E-state index contributed by atoms with van der Waals surface area (Å²) in [6.45, 7) is 13.0. The van der Waals surface area contributed by atoms with Crippen molar-refractivity contribution in [1.82, 2.24) is 0 Å². The van der Waals surface area contributed by atoms with Crippen LogP contribution in [0, 0.1) is 13.8 Å². The van der Waals surface area contributed by atoms with Gasteiger partial charge in [-0.15, -0.1) is 13.2 Å². The second-order valence-corrected chi connectivity index (χ2v) is 9.36. The molecule has 1 atom stereocenters. The van der Waals surface area contributed by atoms with Crippen LogP contribution in [-0.4, -0.2) is 17.9 Å². The molecule has 0 radical (unpaired) electrons. The number of allylic oxidation sites excluding steroid dienone is 3. The van der Waals surface area contributed by atoms with Gasteiger partial charge in [-0.05, 0) is 62.4 Å². The fraction of sp³-hybridized carbons (Fsp3) is 0.286. The molecule has 2 rings (SSSR count). The van der Waals surface area contributed by atoms with Crippen LogP contribution in [0.3, 0.4) is 0 Å². The number of esters is 1. The second kappa shape index (κ2) is 13.2. The van der Waals surface area contributed by atoms with Crippen LogP contribution >= 0.6 is 23.4 Å². The Bertz CT molecular complexity index is 1040. The highest BCUT2D eigenvalue weighted by atomic mass is 35.5. The molecule has 0 saturated heterocycles. The molecule has 0 heterocycles. The number of Topliss-reactive ketones (excluding diaryl/α,β-unsaturated/α-hetero) is 1. The van der Waals surface area contributed by atoms with E-state index >= 15 is 0 Å². The smallest absolute Gasteiger partial charge is 0.339 e. The van der Waals surface area contributed by atoms with Crippen LogP contribution in [0.2, 0.25) is 5.02 Å². The average molecular weight is 483 g/mol. The number of hydrogen-bond donors (Lipinski definition) is 0. The molecule has 0 aromatic heterocycles. The summed E-state index contributed by atoms with van der Waals surface area (Å²) in [5.74, 6) is -0.563. The lowest BCUT2D eigenvalue weighted by Crippen LogP contribution is -2.19. The third-order valence-electron chi connectivity index (χ3n) is 5.03. The molecule has 174 valence electrons. The van der Waals surface area contributed by atoms with Crippen molar-refractivity contribution in [3.05, 3.63) is 100.0 Å². The molecule has 3 nitrogen and oxygen atoms in total. The summed E-state index contributed by atoms with van der Waals surface area (Å²) in [4.78, 5) is 28.1. The van der Waals surface area contributed by atoms with Crippen molar-refractivity contribution < 1.29 is 14.3 Å². The predicted octanol–water partition coefficient (Wildman–Crippen LogP) is 7.83. The van der Waals surface area contributed by atoms with Crippen molar-refractivity contribution in [1.29, 1.82) is 0 Å². The van der Waals surface area contributed by atoms with Crippen molar-refractivity contribution in [2.45, 2.75) is 57.5 Å². The number of carbonyl (C=O) groups is 2. The molecule has 0 aliphatic carbocycles. The highest BCUT2D eigenvalue weighted by molar-refractivity contribution is 8.04. The van der Waals surface area contributed by atoms with E-state index in [1.807, 2.05) is 69.3 Å². The fourth-order valence-electron chi connectivity index (χ4n) is 3.43. The molecule has 0 bridgehead atoms. The van der Waals surface area contributed by atoms with Gasteiger partial charge in [-0.25, -0.2) is 4.79 Å². The highest BCUT2D eigenvalue weighted by Crippen LogP contribution is 2.33. The highest BCUT2D eigenvalue weighted by Gasteiger charge is 2.25. The summed E-state index contributed by atoms with van der Waals surface area (Å²) in [6, 6.07) is 11.6. The Kier molecular flexibility index (Phi) is 10.7. The van der Waals surface area contributed by atoms with Crippen molar-refractivity contribution in [3.8, 4) is 0 Å². The van der Waals surface area contributed by atoms with E-state index in [2.05, 4.69) is 13.2 Å². The minimum absolute atomic E-state index is 0.0153. The first-order valence-electron chi connectivity index (χ1n) is 11.0. The van der Waals surface area contributed by atoms with Gasteiger partial charge in [0.25, 0.3) is 0 Å². The molecular formula is C28H31ClO3S. The maximum Gasteiger partial charge on any atom is 0.339 e. The van der Waals surface area contributed by atoms with Crippen LogP contribution in [0.25, 0.3) is 0 Å². The standard InChI is InChI=1S/C28H31ClO3S/c1-6-8-10-16-25(33-22-14-11-9-12-15-22)24(30)18-23-26(19(3)17-20(4)27(23)29)28(31)32-21(5)13-7-2/h6-7,9,11-12,14-17,21H,1-2,8,10,13,18H2,3-5H3/b25-16-/t21-/m1/s1. The van der Waals surface area contributed by atoms with E-state index in [9.17, 15) is 9.59 Å². The quantitative estimate of drug-likeness (QED) is 0.102. The number of halogens is 1. The number of aryl methyl sites for hydroxylation is 2. The van der Waals surface area contributed by atoms with Crippen LogP contribution in [0.5, 0.6) is 0 Å². The molecule has 0 spiro atoms. The van der Waals surface area contributed by atoms with Crippen LogP contribution in [0.15, 0.2) is 77.6 Å². The van der Waals surface area contributed by atoms with Gasteiger partial charge in [0.1, 0.15) is 6.10 Å². The van der Waals surface area contributed by atoms with Crippen LogP contribution in [0.4, 0.5) is 0 Å². The molecule has 0 aliphatic rings. The van der Waals surface area contributed by atoms with Gasteiger partial charge in [-0.2, -0.15) is 0 Å². The number of benzene rings is 2. The maximum absolute atomic E-state index is 13.4. The fourth-order valence-corrected chi connectivity index (χ4v) is 4.58. The first kappa shape index (κ1) is 26.7. The number of thioether (sulfide) groups is 1. The van der Waals surface area contributed by atoms with Gasteiger partial charge in [0, 0.05) is 22.8 Å². The topological polar surface area (TPSA) is 43.4 Å². The monoisotopic (exact) mass is 482 g/mol. The lowest BCUT2D eigenvalue weighted by Gasteiger charge is -2.18. The van der Waals surface area contributed by atoms with Gasteiger partial charge in [0.2, 0.25) is 0 Å². The number of ketones is 1. The van der Waals surface area contributed by atoms with Gasteiger partial charge in [-0.3, -0.25) is 4.79 Å². The molecule has 2 aromatic carbocycles. The molecule has 0 saturated carbocycles. The zero-order chi connectivity index (χ0) is 24.4. The summed E-state index contributed by atoms with van der Waals surface area (Å²) < 4.78 is 5.60. The normalized spacial score (nSPS) is 12.2. The molecule has 2 aromatic rings. The average Bonchev–Trinajstić information content (AvgIpc) is 2.77. The third kappa shape index (κ3) is 7.76. The van der Waals surface area contributed by atoms with Gasteiger partial charge in [0.05, 0.1) is 10.5 Å². The number of unbranched alkanes of at least 4 members (excludes halogenated alkanes) is 1. The van der Waals surface area contributed by atoms with E-state index in [-0.39, 0.29) is 18.3 Å². The summed E-state index contributed by atoms with van der Waals surface area (Å²) in [6.07, 6.45) is 7.19. The summed E-state index contributed by atoms with van der Waals surface area (Å²) in [7, 11) is 0. The van der Waals surface area contributed by atoms with Gasteiger partial charge in [-0.1, -0.05) is 65.9 Å².